The topological polar surface area (TPSA) is 84.2 Å². The molecule has 2 unspecified atom stereocenters. The summed E-state index contributed by atoms with van der Waals surface area (Å²) in [5.41, 5.74) is 1.19. The van der Waals surface area contributed by atoms with E-state index >= 15 is 0 Å². The molecule has 2 aliphatic rings. The van der Waals surface area contributed by atoms with E-state index in [1.165, 1.54) is 12.1 Å². The molecule has 186 valence electrons. The zero-order valence-electron chi connectivity index (χ0n) is 19.5. The van der Waals surface area contributed by atoms with E-state index in [0.717, 1.165) is 31.4 Å². The molecule has 2 fully saturated rings. The first-order valence-corrected chi connectivity index (χ1v) is 11.7. The molecule has 5 rings (SSSR count). The molecule has 2 N–H and O–H groups in total. The molecular formula is C27H24F3N3O3. The van der Waals surface area contributed by atoms with Crippen LogP contribution in [0.4, 0.5) is 13.2 Å². The fourth-order valence-electron chi connectivity index (χ4n) is 5.52. The Hall–Kier alpha value is -3.80. The van der Waals surface area contributed by atoms with Crippen LogP contribution >= 0.6 is 0 Å². The highest BCUT2D eigenvalue weighted by atomic mass is 19.4. The Morgan fingerprint density at radius 2 is 1.92 bits per heavy atom. The predicted molar refractivity (Wildman–Crippen MR) is 126 cm³/mol. The zero-order valence-corrected chi connectivity index (χ0v) is 19.5. The molecule has 36 heavy (non-hydrogen) atoms. The van der Waals surface area contributed by atoms with Gasteiger partial charge in [0.05, 0.1) is 35.3 Å². The van der Waals surface area contributed by atoms with Crippen molar-refractivity contribution in [3.05, 3.63) is 64.8 Å². The molecule has 2 aliphatic carbocycles. The second kappa shape index (κ2) is 8.70. The van der Waals surface area contributed by atoms with Crippen molar-refractivity contribution in [1.29, 1.82) is 0 Å². The average Bonchev–Trinajstić information content (AvgIpc) is 3.19. The molecule has 2 atom stereocenters. The first-order chi connectivity index (χ1) is 17.1. The van der Waals surface area contributed by atoms with Crippen molar-refractivity contribution < 1.29 is 27.9 Å². The Morgan fingerprint density at radius 3 is 2.50 bits per heavy atom. The fourth-order valence-corrected chi connectivity index (χ4v) is 5.52. The molecule has 0 bridgehead atoms. The number of hydrogen-bond donors (Lipinski definition) is 2. The van der Waals surface area contributed by atoms with Crippen molar-refractivity contribution >= 4 is 22.8 Å². The summed E-state index contributed by atoms with van der Waals surface area (Å²) in [6, 6.07) is 7.74. The number of halogens is 3. The number of alkyl halides is 3. The summed E-state index contributed by atoms with van der Waals surface area (Å²) < 4.78 is 40.4. The second-order valence-corrected chi connectivity index (χ2v) is 9.61. The number of nitrogens with one attached hydrogen (secondary N) is 1. The lowest BCUT2D eigenvalue weighted by molar-refractivity contribution is -0.159. The smallest absolute Gasteiger partial charge is 0.416 e. The Kier molecular flexibility index (Phi) is 5.78. The molecule has 1 aromatic heterocycles. The summed E-state index contributed by atoms with van der Waals surface area (Å²) in [5, 5.41) is 17.6. The quantitative estimate of drug-likeness (QED) is 0.496. The van der Waals surface area contributed by atoms with Gasteiger partial charge in [0.15, 0.2) is 0 Å². The van der Waals surface area contributed by atoms with Crippen LogP contribution in [0.2, 0.25) is 0 Å². The summed E-state index contributed by atoms with van der Waals surface area (Å²) in [7, 11) is 0. The molecule has 0 saturated heterocycles. The van der Waals surface area contributed by atoms with Crippen molar-refractivity contribution in [3.63, 3.8) is 0 Å². The van der Waals surface area contributed by atoms with Crippen LogP contribution < -0.4 is 5.32 Å². The van der Waals surface area contributed by atoms with Gasteiger partial charge in [-0.2, -0.15) is 18.3 Å². The number of aliphatic carboxylic acids is 1. The number of rotatable bonds is 5. The SMILES string of the molecule is CC#Cc1ccc(C(=O)NC2C(C(=O)O)CC23CCC3)c2c1cnn2Cc1ccc(C(F)(F)F)cc1. The number of aromatic nitrogens is 2. The lowest BCUT2D eigenvalue weighted by atomic mass is 9.48. The van der Waals surface area contributed by atoms with E-state index in [-0.39, 0.29) is 12.0 Å². The van der Waals surface area contributed by atoms with Gasteiger partial charge in [0.25, 0.3) is 5.91 Å². The number of nitrogens with zero attached hydrogens (tertiary/aromatic N) is 2. The maximum Gasteiger partial charge on any atom is 0.416 e. The number of hydrogen-bond acceptors (Lipinski definition) is 3. The fraction of sp³-hybridized carbons (Fsp3) is 0.370. The van der Waals surface area contributed by atoms with E-state index in [4.69, 9.17) is 0 Å². The van der Waals surface area contributed by atoms with Gasteiger partial charge in [-0.15, -0.1) is 5.92 Å². The van der Waals surface area contributed by atoms with Crippen LogP contribution in [0.1, 0.15) is 59.7 Å². The van der Waals surface area contributed by atoms with Gasteiger partial charge in [-0.3, -0.25) is 14.3 Å². The van der Waals surface area contributed by atoms with Crippen LogP contribution in [-0.2, 0) is 17.5 Å². The number of fused-ring (bicyclic) bond motifs is 1. The molecule has 1 heterocycles. The van der Waals surface area contributed by atoms with Crippen molar-refractivity contribution in [2.45, 2.75) is 51.4 Å². The van der Waals surface area contributed by atoms with E-state index in [1.807, 2.05) is 0 Å². The van der Waals surface area contributed by atoms with Gasteiger partial charge in [0.1, 0.15) is 0 Å². The van der Waals surface area contributed by atoms with Crippen LogP contribution in [0.3, 0.4) is 0 Å². The van der Waals surface area contributed by atoms with Crippen LogP contribution in [0.25, 0.3) is 10.9 Å². The number of amides is 1. The number of benzene rings is 2. The lowest BCUT2D eigenvalue weighted by Crippen LogP contribution is -2.66. The van der Waals surface area contributed by atoms with E-state index in [9.17, 15) is 27.9 Å². The van der Waals surface area contributed by atoms with Gasteiger partial charge in [-0.25, -0.2) is 0 Å². The zero-order chi connectivity index (χ0) is 25.7. The third-order valence-electron chi connectivity index (χ3n) is 7.56. The minimum absolute atomic E-state index is 0.147. The van der Waals surface area contributed by atoms with E-state index in [0.29, 0.717) is 34.0 Å². The van der Waals surface area contributed by atoms with Crippen molar-refractivity contribution in [1.82, 2.24) is 15.1 Å². The second-order valence-electron chi connectivity index (χ2n) is 9.61. The standard InChI is InChI=1S/C27H24F3N3O3/c1-2-4-17-7-10-19(24(34)32-23-20(25(35)36)13-26(23)11-3-12-26)22-21(17)14-31-33(22)15-16-5-8-18(9-6-16)27(28,29)30/h5-10,14,20,23H,3,11-13,15H2,1H3,(H,32,34)(H,35,36). The molecule has 6 nitrogen and oxygen atoms in total. The highest BCUT2D eigenvalue weighted by Crippen LogP contribution is 2.58. The Bertz CT molecular complexity index is 1410. The molecule has 2 aromatic carbocycles. The maximum atomic E-state index is 13.5. The Balaban J connectivity index is 1.50. The van der Waals surface area contributed by atoms with Gasteiger partial charge in [-0.1, -0.05) is 24.5 Å². The largest absolute Gasteiger partial charge is 0.481 e. The summed E-state index contributed by atoms with van der Waals surface area (Å²) in [5.74, 6) is 3.91. The van der Waals surface area contributed by atoms with E-state index in [2.05, 4.69) is 22.3 Å². The van der Waals surface area contributed by atoms with Crippen LogP contribution in [0.15, 0.2) is 42.6 Å². The number of carboxylic acid groups (broad SMARTS) is 1. The molecule has 0 radical (unpaired) electrons. The van der Waals surface area contributed by atoms with Gasteiger partial charge < -0.3 is 10.4 Å². The summed E-state index contributed by atoms with van der Waals surface area (Å²) in [6.07, 6.45) is 0.546. The van der Waals surface area contributed by atoms with Crippen LogP contribution in [0, 0.1) is 23.2 Å². The van der Waals surface area contributed by atoms with Crippen molar-refractivity contribution in [2.24, 2.45) is 11.3 Å². The Labute approximate surface area is 205 Å². The van der Waals surface area contributed by atoms with E-state index < -0.39 is 35.6 Å². The molecule has 3 aromatic rings. The lowest BCUT2D eigenvalue weighted by Gasteiger charge is -2.59. The van der Waals surface area contributed by atoms with Crippen molar-refractivity contribution in [2.75, 3.05) is 0 Å². The van der Waals surface area contributed by atoms with Gasteiger partial charge in [0.2, 0.25) is 0 Å². The van der Waals surface area contributed by atoms with Crippen LogP contribution in [-0.4, -0.2) is 32.8 Å². The first-order valence-electron chi connectivity index (χ1n) is 11.7. The third-order valence-corrected chi connectivity index (χ3v) is 7.56. The number of carbonyl (C=O) groups excluding carboxylic acids is 1. The van der Waals surface area contributed by atoms with Crippen molar-refractivity contribution in [3.8, 4) is 11.8 Å². The molecule has 2 saturated carbocycles. The van der Waals surface area contributed by atoms with Gasteiger partial charge >= 0.3 is 12.1 Å². The van der Waals surface area contributed by atoms with Gasteiger partial charge in [-0.05, 0) is 61.4 Å². The van der Waals surface area contributed by atoms with E-state index in [1.54, 1.807) is 29.9 Å². The highest BCUT2D eigenvalue weighted by molar-refractivity contribution is 6.07. The molecular weight excluding hydrogens is 471 g/mol. The molecule has 1 spiro atoms. The number of carbonyl (C=O) groups is 2. The summed E-state index contributed by atoms with van der Waals surface area (Å²) >= 11 is 0. The summed E-state index contributed by atoms with van der Waals surface area (Å²) in [6.45, 7) is 1.84. The molecule has 0 aliphatic heterocycles. The Morgan fingerprint density at radius 1 is 1.19 bits per heavy atom. The van der Waals surface area contributed by atoms with Crippen LogP contribution in [0.5, 0.6) is 0 Å². The number of carboxylic acids is 1. The third kappa shape index (κ3) is 4.00. The predicted octanol–water partition coefficient (Wildman–Crippen LogP) is 4.85. The van der Waals surface area contributed by atoms with Gasteiger partial charge in [0, 0.05) is 17.0 Å². The maximum absolute atomic E-state index is 13.5. The molecule has 1 amide bonds. The normalized spacial score (nSPS) is 20.2. The minimum Gasteiger partial charge on any atom is -0.481 e. The minimum atomic E-state index is -4.43. The monoisotopic (exact) mass is 495 g/mol. The average molecular weight is 496 g/mol. The first kappa shape index (κ1) is 23.9. The molecule has 9 heteroatoms. The highest BCUT2D eigenvalue weighted by Gasteiger charge is 2.60. The summed E-state index contributed by atoms with van der Waals surface area (Å²) in [4.78, 5) is 25.2.